The van der Waals surface area contributed by atoms with Crippen molar-refractivity contribution in [2.75, 3.05) is 6.54 Å². The molecule has 0 aliphatic rings. The molecule has 19 heavy (non-hydrogen) atoms. The number of benzene rings is 1. The van der Waals surface area contributed by atoms with E-state index in [1.807, 2.05) is 36.0 Å². The van der Waals surface area contributed by atoms with Crippen LogP contribution in [0.4, 0.5) is 0 Å². The average molecular weight is 280 g/mol. The topological polar surface area (TPSA) is 39.1 Å². The monoisotopic (exact) mass is 279 g/mol. The van der Waals surface area contributed by atoms with Crippen molar-refractivity contribution in [2.24, 2.45) is 0 Å². The second-order valence-corrected chi connectivity index (χ2v) is 4.59. The lowest BCUT2D eigenvalue weighted by molar-refractivity contribution is 0.481. The second kappa shape index (κ2) is 6.59. The molecule has 0 radical (unpaired) electrons. The zero-order chi connectivity index (χ0) is 13.7. The van der Waals surface area contributed by atoms with Crippen LogP contribution in [0.15, 0.2) is 30.6 Å². The third kappa shape index (κ3) is 3.72. The quantitative estimate of drug-likeness (QED) is 0.880. The summed E-state index contributed by atoms with van der Waals surface area (Å²) in [5.41, 5.74) is 1.14. The number of ether oxygens (including phenoxy) is 1. The van der Waals surface area contributed by atoms with Crippen molar-refractivity contribution in [2.45, 2.75) is 26.9 Å². The smallest absolute Gasteiger partial charge is 0.165 e. The van der Waals surface area contributed by atoms with Crippen LogP contribution in [0.2, 0.25) is 5.02 Å². The minimum Gasteiger partial charge on any atom is -0.452 e. The Morgan fingerprint density at radius 2 is 2.21 bits per heavy atom. The first-order chi connectivity index (χ1) is 9.22. The lowest BCUT2D eigenvalue weighted by atomic mass is 10.2. The summed E-state index contributed by atoms with van der Waals surface area (Å²) in [5, 5.41) is 8.03. The Morgan fingerprint density at radius 1 is 1.37 bits per heavy atom. The number of rotatable bonds is 6. The Balaban J connectivity index is 2.08. The van der Waals surface area contributed by atoms with Crippen LogP contribution in [-0.4, -0.2) is 16.3 Å². The van der Waals surface area contributed by atoms with Crippen molar-refractivity contribution in [1.82, 2.24) is 15.1 Å². The predicted molar refractivity (Wildman–Crippen MR) is 76.8 cm³/mol. The molecule has 2 aromatic rings. The van der Waals surface area contributed by atoms with Crippen LogP contribution < -0.4 is 10.1 Å². The van der Waals surface area contributed by atoms with Gasteiger partial charge < -0.3 is 10.1 Å². The molecule has 102 valence electrons. The zero-order valence-corrected chi connectivity index (χ0v) is 11.9. The number of aromatic nitrogens is 2. The zero-order valence-electron chi connectivity index (χ0n) is 11.2. The fourth-order valence-electron chi connectivity index (χ4n) is 1.70. The van der Waals surface area contributed by atoms with Gasteiger partial charge in [-0.2, -0.15) is 5.10 Å². The van der Waals surface area contributed by atoms with Gasteiger partial charge in [-0.3, -0.25) is 4.68 Å². The molecule has 1 heterocycles. The molecule has 0 aliphatic carbocycles. The van der Waals surface area contributed by atoms with E-state index >= 15 is 0 Å². The van der Waals surface area contributed by atoms with Gasteiger partial charge in [-0.15, -0.1) is 0 Å². The van der Waals surface area contributed by atoms with Gasteiger partial charge in [0.2, 0.25) is 0 Å². The van der Waals surface area contributed by atoms with Crippen molar-refractivity contribution < 1.29 is 4.74 Å². The third-order valence-electron chi connectivity index (χ3n) is 2.74. The Hall–Kier alpha value is -1.52. The van der Waals surface area contributed by atoms with E-state index in [2.05, 4.69) is 17.3 Å². The van der Waals surface area contributed by atoms with Crippen molar-refractivity contribution in [3.63, 3.8) is 0 Å². The summed E-state index contributed by atoms with van der Waals surface area (Å²) in [6, 6.07) is 5.82. The molecule has 0 bridgehead atoms. The van der Waals surface area contributed by atoms with Gasteiger partial charge in [0.1, 0.15) is 5.75 Å². The van der Waals surface area contributed by atoms with E-state index in [1.165, 1.54) is 0 Å². The van der Waals surface area contributed by atoms with E-state index in [4.69, 9.17) is 16.3 Å². The lowest BCUT2D eigenvalue weighted by Gasteiger charge is -2.08. The van der Waals surface area contributed by atoms with E-state index in [0.29, 0.717) is 16.5 Å². The summed E-state index contributed by atoms with van der Waals surface area (Å²) >= 11 is 6.22. The van der Waals surface area contributed by atoms with Crippen LogP contribution in [0.1, 0.15) is 19.4 Å². The molecule has 1 aromatic heterocycles. The second-order valence-electron chi connectivity index (χ2n) is 4.18. The molecule has 2 rings (SSSR count). The molecule has 0 fully saturated rings. The van der Waals surface area contributed by atoms with Crippen LogP contribution in [0.5, 0.6) is 11.5 Å². The first kappa shape index (κ1) is 13.9. The van der Waals surface area contributed by atoms with Gasteiger partial charge in [0, 0.05) is 13.1 Å². The number of halogens is 1. The Kier molecular flexibility index (Phi) is 4.82. The Bertz CT molecular complexity index is 539. The van der Waals surface area contributed by atoms with Gasteiger partial charge in [0.05, 0.1) is 17.4 Å². The Labute approximate surface area is 118 Å². The van der Waals surface area contributed by atoms with Gasteiger partial charge in [0.25, 0.3) is 0 Å². The Morgan fingerprint density at radius 3 is 2.84 bits per heavy atom. The van der Waals surface area contributed by atoms with E-state index in [-0.39, 0.29) is 0 Å². The van der Waals surface area contributed by atoms with E-state index in [0.717, 1.165) is 25.2 Å². The highest BCUT2D eigenvalue weighted by atomic mass is 35.5. The minimum absolute atomic E-state index is 0.611. The number of nitrogens with zero attached hydrogens (tertiary/aromatic N) is 2. The summed E-state index contributed by atoms with van der Waals surface area (Å²) in [4.78, 5) is 0. The SMILES string of the molecule is CCNCc1ccc(Oc2cnn(CC)c2)c(Cl)c1. The van der Waals surface area contributed by atoms with E-state index < -0.39 is 0 Å². The fraction of sp³-hybridized carbons (Fsp3) is 0.357. The fourth-order valence-corrected chi connectivity index (χ4v) is 1.95. The number of hydrogen-bond donors (Lipinski definition) is 1. The molecule has 5 heteroatoms. The van der Waals surface area contributed by atoms with E-state index in [1.54, 1.807) is 6.20 Å². The van der Waals surface area contributed by atoms with E-state index in [9.17, 15) is 0 Å². The maximum Gasteiger partial charge on any atom is 0.165 e. The van der Waals surface area contributed by atoms with Crippen molar-refractivity contribution in [1.29, 1.82) is 0 Å². The molecule has 0 aliphatic heterocycles. The van der Waals surface area contributed by atoms with Gasteiger partial charge in [-0.1, -0.05) is 24.6 Å². The number of nitrogens with one attached hydrogen (secondary N) is 1. The first-order valence-corrected chi connectivity index (χ1v) is 6.80. The summed E-state index contributed by atoms with van der Waals surface area (Å²) in [7, 11) is 0. The minimum atomic E-state index is 0.611. The standard InChI is InChI=1S/C14H18ClN3O/c1-3-16-8-11-5-6-14(13(15)7-11)19-12-9-17-18(4-2)10-12/h5-7,9-10,16H,3-4,8H2,1-2H3. The van der Waals surface area contributed by atoms with Crippen molar-refractivity contribution >= 4 is 11.6 Å². The molecule has 0 saturated carbocycles. The molecule has 1 N–H and O–H groups in total. The molecule has 0 atom stereocenters. The third-order valence-corrected chi connectivity index (χ3v) is 3.03. The van der Waals surface area contributed by atoms with Gasteiger partial charge in [-0.05, 0) is 31.2 Å². The molecule has 4 nitrogen and oxygen atoms in total. The molecule has 0 saturated heterocycles. The van der Waals surface area contributed by atoms with Crippen molar-refractivity contribution in [3.8, 4) is 11.5 Å². The molecule has 0 amide bonds. The van der Waals surface area contributed by atoms with Crippen LogP contribution in [0, 0.1) is 0 Å². The lowest BCUT2D eigenvalue weighted by Crippen LogP contribution is -2.11. The summed E-state index contributed by atoms with van der Waals surface area (Å²) in [6.45, 7) is 6.67. The van der Waals surface area contributed by atoms with Gasteiger partial charge in [0.15, 0.2) is 5.75 Å². The molecule has 0 spiro atoms. The largest absolute Gasteiger partial charge is 0.452 e. The average Bonchev–Trinajstić information content (AvgIpc) is 2.87. The molecule has 1 aromatic carbocycles. The van der Waals surface area contributed by atoms with Crippen molar-refractivity contribution in [3.05, 3.63) is 41.2 Å². The highest BCUT2D eigenvalue weighted by molar-refractivity contribution is 6.32. The van der Waals surface area contributed by atoms with Gasteiger partial charge >= 0.3 is 0 Å². The number of hydrogen-bond acceptors (Lipinski definition) is 3. The highest BCUT2D eigenvalue weighted by Gasteiger charge is 2.06. The highest BCUT2D eigenvalue weighted by Crippen LogP contribution is 2.29. The summed E-state index contributed by atoms with van der Waals surface area (Å²) in [5.74, 6) is 1.35. The van der Waals surface area contributed by atoms with Crippen LogP contribution in [-0.2, 0) is 13.1 Å². The van der Waals surface area contributed by atoms with Crippen LogP contribution in [0.25, 0.3) is 0 Å². The molecular formula is C14H18ClN3O. The van der Waals surface area contributed by atoms with Crippen LogP contribution in [0.3, 0.4) is 0 Å². The summed E-state index contributed by atoms with van der Waals surface area (Å²) in [6.07, 6.45) is 3.54. The first-order valence-electron chi connectivity index (χ1n) is 6.42. The maximum atomic E-state index is 6.22. The molecular weight excluding hydrogens is 262 g/mol. The summed E-state index contributed by atoms with van der Waals surface area (Å²) < 4.78 is 7.52. The maximum absolute atomic E-state index is 6.22. The van der Waals surface area contributed by atoms with Gasteiger partial charge in [-0.25, -0.2) is 0 Å². The van der Waals surface area contributed by atoms with Crippen LogP contribution >= 0.6 is 11.6 Å². The number of aryl methyl sites for hydroxylation is 1. The predicted octanol–water partition coefficient (Wildman–Crippen LogP) is 3.46. The molecule has 0 unspecified atom stereocenters. The normalized spacial score (nSPS) is 10.7.